The fraction of sp³-hybridized carbons (Fsp3) is 0.850. The molecule has 29 heavy (non-hydrogen) atoms. The highest BCUT2D eigenvalue weighted by molar-refractivity contribution is 5.87. The van der Waals surface area contributed by atoms with Crippen LogP contribution in [-0.4, -0.2) is 96.7 Å². The molecule has 0 aromatic rings. The molecule has 2 aliphatic heterocycles. The number of rotatable bonds is 4. The van der Waals surface area contributed by atoms with Gasteiger partial charge in [-0.1, -0.05) is 0 Å². The topological polar surface area (TPSA) is 105 Å². The summed E-state index contributed by atoms with van der Waals surface area (Å²) in [5, 5.41) is 0. The lowest BCUT2D eigenvalue weighted by Gasteiger charge is -2.41. The average molecular weight is 411 g/mol. The molecule has 0 aromatic carbocycles. The van der Waals surface area contributed by atoms with Gasteiger partial charge in [0.15, 0.2) is 5.60 Å². The van der Waals surface area contributed by atoms with E-state index >= 15 is 0 Å². The Hall–Kier alpha value is -1.87. The molecule has 0 radical (unpaired) electrons. The van der Waals surface area contributed by atoms with Gasteiger partial charge in [0.2, 0.25) is 5.91 Å². The summed E-state index contributed by atoms with van der Waals surface area (Å²) in [4.78, 5) is 43.4. The van der Waals surface area contributed by atoms with Gasteiger partial charge in [0.05, 0.1) is 13.2 Å². The van der Waals surface area contributed by atoms with E-state index in [0.717, 1.165) is 26.2 Å². The van der Waals surface area contributed by atoms with Crippen molar-refractivity contribution < 1.29 is 23.9 Å². The predicted molar refractivity (Wildman–Crippen MR) is 106 cm³/mol. The second kappa shape index (κ2) is 9.30. The summed E-state index contributed by atoms with van der Waals surface area (Å²) in [6, 6.07) is 0.485. The summed E-state index contributed by atoms with van der Waals surface area (Å²) in [6.07, 6.45) is 1.06. The Balaban J connectivity index is 1.54. The first-order valence-electron chi connectivity index (χ1n) is 10.7. The molecule has 0 atom stereocenters. The van der Waals surface area contributed by atoms with E-state index in [-0.39, 0.29) is 11.8 Å². The van der Waals surface area contributed by atoms with E-state index in [2.05, 4.69) is 18.7 Å². The van der Waals surface area contributed by atoms with Crippen molar-refractivity contribution >= 4 is 17.9 Å². The van der Waals surface area contributed by atoms with Gasteiger partial charge in [0, 0.05) is 51.2 Å². The van der Waals surface area contributed by atoms with E-state index in [1.807, 2.05) is 4.90 Å². The molecule has 0 aromatic heterocycles. The van der Waals surface area contributed by atoms with Crippen molar-refractivity contribution in [1.82, 2.24) is 14.7 Å². The Labute approximate surface area is 172 Å². The summed E-state index contributed by atoms with van der Waals surface area (Å²) in [5.41, 5.74) is 4.31. The van der Waals surface area contributed by atoms with Gasteiger partial charge in [-0.15, -0.1) is 0 Å². The largest absolute Gasteiger partial charge is 0.433 e. The van der Waals surface area contributed by atoms with Crippen molar-refractivity contribution in [2.24, 2.45) is 11.7 Å². The molecule has 2 N–H and O–H groups in total. The van der Waals surface area contributed by atoms with Crippen LogP contribution in [0.5, 0.6) is 0 Å². The van der Waals surface area contributed by atoms with Crippen LogP contribution in [0.1, 0.15) is 39.5 Å². The third-order valence-corrected chi connectivity index (χ3v) is 6.50. The average Bonchev–Trinajstić information content (AvgIpc) is 2.74. The van der Waals surface area contributed by atoms with Crippen molar-refractivity contribution in [3.05, 3.63) is 0 Å². The number of nitrogens with two attached hydrogens (primary N) is 1. The highest BCUT2D eigenvalue weighted by Gasteiger charge is 2.47. The minimum absolute atomic E-state index is 0.143. The number of hydrogen-bond donors (Lipinski definition) is 1. The maximum absolute atomic E-state index is 12.9. The van der Waals surface area contributed by atoms with Crippen LogP contribution >= 0.6 is 0 Å². The van der Waals surface area contributed by atoms with Gasteiger partial charge in [0.25, 0.3) is 5.91 Å². The Bertz CT molecular complexity index is 604. The van der Waals surface area contributed by atoms with Gasteiger partial charge in [-0.2, -0.15) is 0 Å². The third-order valence-electron chi connectivity index (χ3n) is 6.50. The van der Waals surface area contributed by atoms with Gasteiger partial charge in [-0.25, -0.2) is 4.79 Å². The van der Waals surface area contributed by atoms with Crippen molar-refractivity contribution in [2.45, 2.75) is 51.2 Å². The number of morpholine rings is 1. The molecule has 9 nitrogen and oxygen atoms in total. The Morgan fingerprint density at radius 2 is 1.55 bits per heavy atom. The van der Waals surface area contributed by atoms with Gasteiger partial charge < -0.3 is 25.0 Å². The van der Waals surface area contributed by atoms with Crippen LogP contribution in [0, 0.1) is 5.92 Å². The number of amides is 3. The van der Waals surface area contributed by atoms with E-state index in [1.54, 1.807) is 4.90 Å². The van der Waals surface area contributed by atoms with Crippen LogP contribution in [0.3, 0.4) is 0 Å². The van der Waals surface area contributed by atoms with Crippen molar-refractivity contribution in [3.63, 3.8) is 0 Å². The highest BCUT2D eigenvalue weighted by Crippen LogP contribution is 2.36. The molecule has 2 saturated heterocycles. The first-order chi connectivity index (χ1) is 13.8. The molecule has 3 amide bonds. The lowest BCUT2D eigenvalue weighted by atomic mass is 9.77. The Morgan fingerprint density at radius 1 is 0.966 bits per heavy atom. The van der Waals surface area contributed by atoms with Gasteiger partial charge in [-0.3, -0.25) is 14.5 Å². The molecular weight excluding hydrogens is 376 g/mol. The van der Waals surface area contributed by atoms with Crippen molar-refractivity contribution in [3.8, 4) is 0 Å². The first kappa shape index (κ1) is 21.8. The second-order valence-corrected chi connectivity index (χ2v) is 8.56. The standard InChI is InChI=1S/C20H34N4O5/c1-15(2)22-7-9-23(10-8-22)17(25)16-3-5-20(6-4-16,18(21)26)29-19(27)24-11-13-28-14-12-24/h15-16H,3-14H2,1-2H3,(H2,21,26). The van der Waals surface area contributed by atoms with Crippen LogP contribution in [0.4, 0.5) is 4.79 Å². The number of nitrogens with zero attached hydrogens (tertiary/aromatic N) is 3. The van der Waals surface area contributed by atoms with Crippen molar-refractivity contribution in [2.75, 3.05) is 52.5 Å². The van der Waals surface area contributed by atoms with Crippen LogP contribution in [0.25, 0.3) is 0 Å². The quantitative estimate of drug-likeness (QED) is 0.720. The van der Waals surface area contributed by atoms with Gasteiger partial charge >= 0.3 is 6.09 Å². The van der Waals surface area contributed by atoms with E-state index in [1.165, 1.54) is 0 Å². The van der Waals surface area contributed by atoms with E-state index in [4.69, 9.17) is 15.2 Å². The monoisotopic (exact) mass is 410 g/mol. The molecule has 9 heteroatoms. The fourth-order valence-corrected chi connectivity index (χ4v) is 4.42. The van der Waals surface area contributed by atoms with Crippen LogP contribution < -0.4 is 5.73 Å². The minimum atomic E-state index is -1.32. The number of ether oxygens (including phenoxy) is 2. The summed E-state index contributed by atoms with van der Waals surface area (Å²) < 4.78 is 10.9. The smallest absolute Gasteiger partial charge is 0.410 e. The molecule has 1 aliphatic carbocycles. The maximum atomic E-state index is 12.9. The Morgan fingerprint density at radius 3 is 2.07 bits per heavy atom. The number of primary amides is 1. The normalized spacial score (nSPS) is 29.0. The lowest BCUT2D eigenvalue weighted by molar-refractivity contribution is -0.149. The van der Waals surface area contributed by atoms with Crippen LogP contribution in [0.2, 0.25) is 0 Å². The molecular formula is C20H34N4O5. The molecule has 3 rings (SSSR count). The van der Waals surface area contributed by atoms with E-state index < -0.39 is 17.6 Å². The highest BCUT2D eigenvalue weighted by atomic mass is 16.6. The summed E-state index contributed by atoms with van der Waals surface area (Å²) in [6.45, 7) is 9.38. The number of piperazine rings is 1. The molecule has 0 unspecified atom stereocenters. The zero-order valence-electron chi connectivity index (χ0n) is 17.6. The Kier molecular flexibility index (Phi) is 7.00. The molecule has 3 aliphatic rings. The molecule has 3 fully saturated rings. The zero-order chi connectivity index (χ0) is 21.0. The molecule has 2 heterocycles. The summed E-state index contributed by atoms with van der Waals surface area (Å²) >= 11 is 0. The van der Waals surface area contributed by atoms with Crippen LogP contribution in [0.15, 0.2) is 0 Å². The minimum Gasteiger partial charge on any atom is -0.433 e. The summed E-state index contributed by atoms with van der Waals surface area (Å²) in [5.74, 6) is -0.628. The van der Waals surface area contributed by atoms with Gasteiger partial charge in [-0.05, 0) is 39.5 Å². The molecule has 1 saturated carbocycles. The number of carbonyl (C=O) groups is 3. The molecule has 0 spiro atoms. The predicted octanol–water partition coefficient (Wildman–Crippen LogP) is 0.422. The molecule has 164 valence electrons. The zero-order valence-corrected chi connectivity index (χ0v) is 17.6. The van der Waals surface area contributed by atoms with E-state index in [0.29, 0.717) is 58.0 Å². The van der Waals surface area contributed by atoms with E-state index in [9.17, 15) is 14.4 Å². The van der Waals surface area contributed by atoms with Gasteiger partial charge in [0.1, 0.15) is 0 Å². The second-order valence-electron chi connectivity index (χ2n) is 8.56. The first-order valence-corrected chi connectivity index (χ1v) is 10.7. The van der Waals surface area contributed by atoms with Crippen molar-refractivity contribution in [1.29, 1.82) is 0 Å². The maximum Gasteiger partial charge on any atom is 0.410 e. The molecule has 0 bridgehead atoms. The van der Waals surface area contributed by atoms with Crippen LogP contribution in [-0.2, 0) is 19.1 Å². The summed E-state index contributed by atoms with van der Waals surface area (Å²) in [7, 11) is 0. The number of carbonyl (C=O) groups excluding carboxylic acids is 3. The third kappa shape index (κ3) is 5.01. The fourth-order valence-electron chi connectivity index (χ4n) is 4.42. The lowest BCUT2D eigenvalue weighted by Crippen LogP contribution is -2.55. The number of hydrogen-bond acceptors (Lipinski definition) is 6. The SMILES string of the molecule is CC(C)N1CCN(C(=O)C2CCC(OC(=O)N3CCOCC3)(C(N)=O)CC2)CC1.